The lowest BCUT2D eigenvalue weighted by molar-refractivity contribution is 1.08. The molecule has 1 heterocycles. The third-order valence-electron chi connectivity index (χ3n) is 7.65. The van der Waals surface area contributed by atoms with Gasteiger partial charge in [-0.05, 0) is 61.3 Å². The van der Waals surface area contributed by atoms with Crippen LogP contribution in [0.4, 0.5) is 0 Å². The molecule has 0 unspecified atom stereocenters. The molecule has 186 valence electrons. The van der Waals surface area contributed by atoms with Gasteiger partial charge in [-0.2, -0.15) is 0 Å². The molecule has 0 radical (unpaired) electrons. The molecule has 8 rings (SSSR count). The zero-order valence-corrected chi connectivity index (χ0v) is 21.6. The molecule has 0 atom stereocenters. The van der Waals surface area contributed by atoms with Crippen molar-refractivity contribution < 1.29 is 0 Å². The van der Waals surface area contributed by atoms with Gasteiger partial charge in [0, 0.05) is 16.7 Å². The van der Waals surface area contributed by atoms with E-state index < -0.39 is 0 Å². The second-order valence-electron chi connectivity index (χ2n) is 10.2. The maximum atomic E-state index is 5.02. The first kappa shape index (κ1) is 22.6. The summed E-state index contributed by atoms with van der Waals surface area (Å²) in [6, 6.07) is 48.8. The summed E-state index contributed by atoms with van der Waals surface area (Å²) in [5.41, 5.74) is 2.90. The molecule has 0 saturated carbocycles. The Morgan fingerprint density at radius 3 is 1.23 bits per heavy atom. The molecular weight excluding hydrogens is 486 g/mol. The maximum absolute atomic E-state index is 5.02. The highest BCUT2D eigenvalue weighted by molar-refractivity contribution is 6.08. The zero-order chi connectivity index (χ0) is 26.5. The van der Waals surface area contributed by atoms with Crippen LogP contribution in [-0.4, -0.2) is 15.0 Å². The number of hydrogen-bond donors (Lipinski definition) is 0. The van der Waals surface area contributed by atoms with Crippen LogP contribution in [0, 0.1) is 0 Å². The van der Waals surface area contributed by atoms with Gasteiger partial charge in [-0.1, -0.05) is 121 Å². The first-order valence-corrected chi connectivity index (χ1v) is 13.4. The van der Waals surface area contributed by atoms with Crippen molar-refractivity contribution in [1.82, 2.24) is 15.0 Å². The van der Waals surface area contributed by atoms with E-state index in [9.17, 15) is 0 Å². The first-order chi connectivity index (χ1) is 19.8. The van der Waals surface area contributed by atoms with E-state index in [-0.39, 0.29) is 0 Å². The predicted molar refractivity (Wildman–Crippen MR) is 166 cm³/mol. The Kier molecular flexibility index (Phi) is 5.14. The van der Waals surface area contributed by atoms with E-state index in [1.807, 2.05) is 0 Å². The summed E-state index contributed by atoms with van der Waals surface area (Å²) in [4.78, 5) is 15.0. The predicted octanol–water partition coefficient (Wildman–Crippen LogP) is 9.49. The van der Waals surface area contributed by atoms with E-state index in [2.05, 4.69) is 140 Å². The average molecular weight is 510 g/mol. The number of aromatic nitrogens is 3. The minimum Gasteiger partial charge on any atom is -0.208 e. The zero-order valence-electron chi connectivity index (χ0n) is 21.6. The summed E-state index contributed by atoms with van der Waals surface area (Å²) in [5.74, 6) is 1.99. The fourth-order valence-corrected chi connectivity index (χ4v) is 5.57. The van der Waals surface area contributed by atoms with Crippen LogP contribution < -0.4 is 0 Å². The van der Waals surface area contributed by atoms with E-state index in [1.54, 1.807) is 0 Å². The molecule has 0 amide bonds. The van der Waals surface area contributed by atoms with Crippen LogP contribution in [0.2, 0.25) is 0 Å². The molecule has 0 bridgehead atoms. The summed E-state index contributed by atoms with van der Waals surface area (Å²) in [5, 5.41) is 9.57. The topological polar surface area (TPSA) is 38.7 Å². The Balaban J connectivity index is 1.34. The molecule has 0 aliphatic heterocycles. The second kappa shape index (κ2) is 9.11. The lowest BCUT2D eigenvalue weighted by atomic mass is 10.00. The highest BCUT2D eigenvalue weighted by Crippen LogP contribution is 2.31. The van der Waals surface area contributed by atoms with Crippen molar-refractivity contribution in [2.45, 2.75) is 0 Å². The first-order valence-electron chi connectivity index (χ1n) is 13.4. The van der Waals surface area contributed by atoms with Gasteiger partial charge in [-0.3, -0.25) is 0 Å². The normalized spacial score (nSPS) is 11.5. The molecular formula is C37H23N3. The molecule has 0 aliphatic carbocycles. The van der Waals surface area contributed by atoms with Crippen molar-refractivity contribution in [3.63, 3.8) is 0 Å². The van der Waals surface area contributed by atoms with Gasteiger partial charge in [-0.15, -0.1) is 0 Å². The molecule has 0 aliphatic rings. The molecule has 0 fully saturated rings. The lowest BCUT2D eigenvalue weighted by Crippen LogP contribution is -2.00. The van der Waals surface area contributed by atoms with Crippen molar-refractivity contribution in [2.24, 2.45) is 0 Å². The fourth-order valence-electron chi connectivity index (χ4n) is 5.57. The molecule has 8 aromatic rings. The minimum absolute atomic E-state index is 0.663. The summed E-state index contributed by atoms with van der Waals surface area (Å²) >= 11 is 0. The van der Waals surface area contributed by atoms with Gasteiger partial charge < -0.3 is 0 Å². The number of hydrogen-bond acceptors (Lipinski definition) is 3. The van der Waals surface area contributed by atoms with Gasteiger partial charge in [0.05, 0.1) is 0 Å². The highest BCUT2D eigenvalue weighted by Gasteiger charge is 2.14. The third-order valence-corrected chi connectivity index (χ3v) is 7.65. The lowest BCUT2D eigenvalue weighted by Gasteiger charge is -2.11. The van der Waals surface area contributed by atoms with Gasteiger partial charge in [-0.25, -0.2) is 15.0 Å². The summed E-state index contributed by atoms with van der Waals surface area (Å²) in [6.45, 7) is 0. The molecule has 40 heavy (non-hydrogen) atoms. The van der Waals surface area contributed by atoms with E-state index in [1.165, 1.54) is 26.9 Å². The Morgan fingerprint density at radius 2 is 0.650 bits per heavy atom. The Bertz CT molecular complexity index is 2140. The molecule has 0 spiro atoms. The van der Waals surface area contributed by atoms with E-state index >= 15 is 0 Å². The molecule has 1 aromatic heterocycles. The summed E-state index contributed by atoms with van der Waals surface area (Å²) < 4.78 is 0. The largest absolute Gasteiger partial charge is 0.208 e. The summed E-state index contributed by atoms with van der Waals surface area (Å²) in [6.07, 6.45) is 0. The van der Waals surface area contributed by atoms with Crippen molar-refractivity contribution >= 4 is 43.1 Å². The van der Waals surface area contributed by atoms with Crippen LogP contribution in [0.3, 0.4) is 0 Å². The van der Waals surface area contributed by atoms with Crippen LogP contribution in [0.25, 0.3) is 77.3 Å². The van der Waals surface area contributed by atoms with Gasteiger partial charge in [0.15, 0.2) is 17.5 Å². The maximum Gasteiger partial charge on any atom is 0.164 e. The van der Waals surface area contributed by atoms with Gasteiger partial charge >= 0.3 is 0 Å². The number of fused-ring (bicyclic) bond motifs is 5. The highest BCUT2D eigenvalue weighted by atomic mass is 15.0. The molecule has 0 saturated heterocycles. The van der Waals surface area contributed by atoms with Crippen LogP contribution in [-0.2, 0) is 0 Å². The van der Waals surface area contributed by atoms with Crippen LogP contribution >= 0.6 is 0 Å². The van der Waals surface area contributed by atoms with E-state index in [0.717, 1.165) is 32.8 Å². The van der Waals surface area contributed by atoms with Gasteiger partial charge in [0.1, 0.15) is 0 Å². The SMILES string of the molecule is c1ccc2cc(-c3nc(-c4ccc5ccccc5c4)nc(-c4ccc5c(ccc6ccccc65)c4)n3)ccc2c1. The van der Waals surface area contributed by atoms with Crippen molar-refractivity contribution in [1.29, 1.82) is 0 Å². The van der Waals surface area contributed by atoms with Gasteiger partial charge in [0.25, 0.3) is 0 Å². The average Bonchev–Trinajstić information content (AvgIpc) is 3.03. The van der Waals surface area contributed by atoms with E-state index in [4.69, 9.17) is 15.0 Å². The van der Waals surface area contributed by atoms with Gasteiger partial charge in [0.2, 0.25) is 0 Å². The molecule has 3 heteroatoms. The van der Waals surface area contributed by atoms with Crippen LogP contribution in [0.5, 0.6) is 0 Å². The fraction of sp³-hybridized carbons (Fsp3) is 0. The summed E-state index contributed by atoms with van der Waals surface area (Å²) in [7, 11) is 0. The van der Waals surface area contributed by atoms with Crippen molar-refractivity contribution in [3.8, 4) is 34.2 Å². The second-order valence-corrected chi connectivity index (χ2v) is 10.2. The Morgan fingerprint density at radius 1 is 0.275 bits per heavy atom. The monoisotopic (exact) mass is 509 g/mol. The van der Waals surface area contributed by atoms with Crippen molar-refractivity contribution in [2.75, 3.05) is 0 Å². The van der Waals surface area contributed by atoms with Crippen LogP contribution in [0.15, 0.2) is 140 Å². The van der Waals surface area contributed by atoms with Crippen LogP contribution in [0.1, 0.15) is 0 Å². The standard InChI is InChI=1S/C37H23N3/c1-3-10-27-21-30(17-13-24(27)7-1)35-38-36(31-18-14-25-8-2-4-11-28(25)22-31)40-37(39-35)32-19-20-34-29(23-32)16-15-26-9-5-6-12-33(26)34/h1-23H. The smallest absolute Gasteiger partial charge is 0.164 e. The number of benzene rings is 7. The molecule has 3 nitrogen and oxygen atoms in total. The van der Waals surface area contributed by atoms with Crippen molar-refractivity contribution in [3.05, 3.63) is 140 Å². The molecule has 0 N–H and O–H groups in total. The van der Waals surface area contributed by atoms with E-state index in [0.29, 0.717) is 17.5 Å². The quantitative estimate of drug-likeness (QED) is 0.223. The number of nitrogens with zero attached hydrogens (tertiary/aromatic N) is 3. The minimum atomic E-state index is 0.663. The number of rotatable bonds is 3. The third kappa shape index (κ3) is 3.88. The Labute approximate surface area is 231 Å². The molecule has 7 aromatic carbocycles. The Hall–Kier alpha value is -5.41.